The number of halogens is 1. The van der Waals surface area contributed by atoms with Crippen LogP contribution in [0.15, 0.2) is 59.8 Å². The number of rotatable bonds is 3. The van der Waals surface area contributed by atoms with Crippen LogP contribution in [0.5, 0.6) is 5.75 Å². The van der Waals surface area contributed by atoms with Crippen molar-refractivity contribution in [2.24, 2.45) is 5.10 Å². The van der Waals surface area contributed by atoms with Crippen molar-refractivity contribution in [3.8, 4) is 5.75 Å². The average molecular weight is 312 g/mol. The summed E-state index contributed by atoms with van der Waals surface area (Å²) >= 11 is 5.98. The molecule has 0 spiro atoms. The zero-order chi connectivity index (χ0) is 15.5. The summed E-state index contributed by atoms with van der Waals surface area (Å²) in [6.45, 7) is 1.90. The highest BCUT2D eigenvalue weighted by molar-refractivity contribution is 6.31. The molecular formula is C17H14ClN3O. The second kappa shape index (κ2) is 6.03. The van der Waals surface area contributed by atoms with E-state index in [4.69, 9.17) is 11.6 Å². The summed E-state index contributed by atoms with van der Waals surface area (Å²) in [7, 11) is 0. The van der Waals surface area contributed by atoms with E-state index in [0.29, 0.717) is 5.02 Å². The molecule has 5 heteroatoms. The molecule has 2 aromatic carbocycles. The van der Waals surface area contributed by atoms with Gasteiger partial charge < -0.3 is 5.11 Å². The van der Waals surface area contributed by atoms with E-state index >= 15 is 0 Å². The molecule has 4 nitrogen and oxygen atoms in total. The molecule has 0 bridgehead atoms. The highest BCUT2D eigenvalue weighted by Crippen LogP contribution is 2.24. The predicted molar refractivity (Wildman–Crippen MR) is 90.7 cm³/mol. The van der Waals surface area contributed by atoms with Crippen molar-refractivity contribution in [3.05, 3.63) is 65.3 Å². The normalized spacial score (nSPS) is 11.6. The van der Waals surface area contributed by atoms with E-state index in [1.165, 1.54) is 0 Å². The third-order valence-electron chi connectivity index (χ3n) is 3.33. The summed E-state index contributed by atoms with van der Waals surface area (Å²) in [6, 6.07) is 14.3. The number of nitrogens with zero attached hydrogens (tertiary/aromatic N) is 2. The van der Waals surface area contributed by atoms with Crippen LogP contribution in [0, 0.1) is 0 Å². The zero-order valence-electron chi connectivity index (χ0n) is 11.9. The molecule has 0 amide bonds. The van der Waals surface area contributed by atoms with Crippen LogP contribution in [0.2, 0.25) is 5.02 Å². The molecule has 0 aliphatic carbocycles. The summed E-state index contributed by atoms with van der Waals surface area (Å²) in [6.07, 6.45) is 1.71. The summed E-state index contributed by atoms with van der Waals surface area (Å²) in [5.41, 5.74) is 6.49. The van der Waals surface area contributed by atoms with E-state index in [0.717, 1.165) is 27.9 Å². The third-order valence-corrected chi connectivity index (χ3v) is 3.57. The molecule has 0 atom stereocenters. The number of fused-ring (bicyclic) bond motifs is 1. The number of phenols is 1. The Morgan fingerprint density at radius 1 is 1.14 bits per heavy atom. The topological polar surface area (TPSA) is 57.5 Å². The molecule has 0 saturated carbocycles. The molecule has 1 heterocycles. The lowest BCUT2D eigenvalue weighted by molar-refractivity contribution is 0.475. The standard InChI is InChI=1S/C17H14ClN3O/c1-11(12-2-5-14(22)6-3-12)20-21-16-8-9-19-17-10-13(18)4-7-15(16)17/h2-10,22H,1H3,(H,19,21)/b20-11+. The van der Waals surface area contributed by atoms with Crippen molar-refractivity contribution in [2.45, 2.75) is 6.92 Å². The van der Waals surface area contributed by atoms with Crippen LogP contribution >= 0.6 is 11.6 Å². The van der Waals surface area contributed by atoms with Crippen molar-refractivity contribution in [1.82, 2.24) is 4.98 Å². The van der Waals surface area contributed by atoms with Gasteiger partial charge in [-0.2, -0.15) is 5.10 Å². The molecule has 0 aliphatic rings. The number of hydrazone groups is 1. The Labute approximate surface area is 133 Å². The number of anilines is 1. The molecular weight excluding hydrogens is 298 g/mol. The van der Waals surface area contributed by atoms with Gasteiger partial charge >= 0.3 is 0 Å². The number of hydrogen-bond donors (Lipinski definition) is 2. The third kappa shape index (κ3) is 3.02. The van der Waals surface area contributed by atoms with E-state index in [1.807, 2.05) is 43.3 Å². The molecule has 0 unspecified atom stereocenters. The van der Waals surface area contributed by atoms with Gasteiger partial charge in [0.2, 0.25) is 0 Å². The highest BCUT2D eigenvalue weighted by atomic mass is 35.5. The number of benzene rings is 2. The van der Waals surface area contributed by atoms with Gasteiger partial charge in [0, 0.05) is 16.6 Å². The van der Waals surface area contributed by atoms with E-state index in [2.05, 4.69) is 15.5 Å². The van der Waals surface area contributed by atoms with Crippen LogP contribution < -0.4 is 5.43 Å². The smallest absolute Gasteiger partial charge is 0.115 e. The molecule has 0 fully saturated rings. The first kappa shape index (κ1) is 14.4. The van der Waals surface area contributed by atoms with Gasteiger partial charge in [-0.05, 0) is 61.0 Å². The molecule has 0 aliphatic heterocycles. The van der Waals surface area contributed by atoms with Crippen molar-refractivity contribution >= 4 is 33.9 Å². The molecule has 3 aromatic rings. The van der Waals surface area contributed by atoms with Crippen LogP contribution in [0.25, 0.3) is 10.9 Å². The van der Waals surface area contributed by atoms with Crippen molar-refractivity contribution in [3.63, 3.8) is 0 Å². The van der Waals surface area contributed by atoms with Crippen LogP contribution in [-0.2, 0) is 0 Å². The molecule has 3 rings (SSSR count). The highest BCUT2D eigenvalue weighted by Gasteiger charge is 2.03. The van der Waals surface area contributed by atoms with Gasteiger partial charge in [-0.1, -0.05) is 11.6 Å². The van der Waals surface area contributed by atoms with Gasteiger partial charge in [0.25, 0.3) is 0 Å². The monoisotopic (exact) mass is 311 g/mol. The minimum Gasteiger partial charge on any atom is -0.508 e. The van der Waals surface area contributed by atoms with Crippen LogP contribution in [0.1, 0.15) is 12.5 Å². The van der Waals surface area contributed by atoms with E-state index in [-0.39, 0.29) is 5.75 Å². The number of hydrogen-bond acceptors (Lipinski definition) is 4. The molecule has 22 heavy (non-hydrogen) atoms. The Bertz CT molecular complexity index is 844. The van der Waals surface area contributed by atoms with Gasteiger partial charge in [-0.25, -0.2) is 0 Å². The quantitative estimate of drug-likeness (QED) is 0.555. The lowest BCUT2D eigenvalue weighted by atomic mass is 10.1. The summed E-state index contributed by atoms with van der Waals surface area (Å²) in [5, 5.41) is 15.3. The Morgan fingerprint density at radius 3 is 2.68 bits per heavy atom. The van der Waals surface area contributed by atoms with Gasteiger partial charge in [0.15, 0.2) is 0 Å². The Balaban J connectivity index is 1.90. The van der Waals surface area contributed by atoms with Crippen molar-refractivity contribution in [1.29, 1.82) is 0 Å². The maximum absolute atomic E-state index is 9.31. The zero-order valence-corrected chi connectivity index (χ0v) is 12.7. The first-order valence-electron chi connectivity index (χ1n) is 6.77. The number of nitrogens with one attached hydrogen (secondary N) is 1. The first-order valence-corrected chi connectivity index (χ1v) is 7.15. The van der Waals surface area contributed by atoms with Gasteiger partial charge in [-0.3, -0.25) is 10.4 Å². The summed E-state index contributed by atoms with van der Waals surface area (Å²) < 4.78 is 0. The van der Waals surface area contributed by atoms with Gasteiger partial charge in [0.1, 0.15) is 5.75 Å². The van der Waals surface area contributed by atoms with E-state index < -0.39 is 0 Å². The lowest BCUT2D eigenvalue weighted by Crippen LogP contribution is -2.00. The molecule has 2 N–H and O–H groups in total. The fourth-order valence-corrected chi connectivity index (χ4v) is 2.30. The number of aromatic hydroxyl groups is 1. The number of aromatic nitrogens is 1. The second-order valence-electron chi connectivity index (χ2n) is 4.88. The lowest BCUT2D eigenvalue weighted by Gasteiger charge is -2.07. The van der Waals surface area contributed by atoms with Crippen molar-refractivity contribution in [2.75, 3.05) is 5.43 Å². The maximum atomic E-state index is 9.31. The van der Waals surface area contributed by atoms with Crippen molar-refractivity contribution < 1.29 is 5.11 Å². The minimum atomic E-state index is 0.238. The largest absolute Gasteiger partial charge is 0.508 e. The fourth-order valence-electron chi connectivity index (χ4n) is 2.13. The van der Waals surface area contributed by atoms with Crippen LogP contribution in [0.4, 0.5) is 5.69 Å². The van der Waals surface area contributed by atoms with Gasteiger partial charge in [0.05, 0.1) is 16.9 Å². The number of phenolic OH excluding ortho intramolecular Hbond substituents is 1. The molecule has 0 radical (unpaired) electrons. The van der Waals surface area contributed by atoms with E-state index in [1.54, 1.807) is 18.3 Å². The molecule has 1 aromatic heterocycles. The number of pyridine rings is 1. The first-order chi connectivity index (χ1) is 10.6. The fraction of sp³-hybridized carbons (Fsp3) is 0.0588. The Morgan fingerprint density at radius 2 is 1.91 bits per heavy atom. The predicted octanol–water partition coefficient (Wildman–Crippen LogP) is 4.43. The molecule has 110 valence electrons. The maximum Gasteiger partial charge on any atom is 0.115 e. The van der Waals surface area contributed by atoms with Gasteiger partial charge in [-0.15, -0.1) is 0 Å². The molecule has 0 saturated heterocycles. The summed E-state index contributed by atoms with van der Waals surface area (Å²) in [5.74, 6) is 0.238. The SMILES string of the molecule is C/C(=N\Nc1ccnc2cc(Cl)ccc12)c1ccc(O)cc1. The average Bonchev–Trinajstić information content (AvgIpc) is 2.52. The van der Waals surface area contributed by atoms with Crippen LogP contribution in [0.3, 0.4) is 0 Å². The Hall–Kier alpha value is -2.59. The Kier molecular flexibility index (Phi) is 3.94. The summed E-state index contributed by atoms with van der Waals surface area (Å²) in [4.78, 5) is 4.30. The minimum absolute atomic E-state index is 0.238. The van der Waals surface area contributed by atoms with E-state index in [9.17, 15) is 5.11 Å². The second-order valence-corrected chi connectivity index (χ2v) is 5.31. The van der Waals surface area contributed by atoms with Crippen LogP contribution in [-0.4, -0.2) is 15.8 Å².